The minimum Gasteiger partial charge on any atom is -0.361 e. The SMILES string of the molecule is Cc1ccc2c(CS(=O)(=O)c3ccc(Cl)cc3)c[nH]c2c1. The Balaban J connectivity index is 1.99. The predicted octanol–water partition coefficient (Wildman–Crippen LogP) is 4.10. The maximum atomic E-state index is 12.5. The second-order valence-corrected chi connectivity index (χ2v) is 7.50. The van der Waals surface area contributed by atoms with Crippen molar-refractivity contribution in [1.82, 2.24) is 4.98 Å². The van der Waals surface area contributed by atoms with Crippen molar-refractivity contribution in [3.63, 3.8) is 0 Å². The van der Waals surface area contributed by atoms with Gasteiger partial charge in [0.25, 0.3) is 0 Å². The number of hydrogen-bond donors (Lipinski definition) is 1. The Morgan fingerprint density at radius 2 is 1.81 bits per heavy atom. The molecule has 0 fully saturated rings. The van der Waals surface area contributed by atoms with E-state index in [-0.39, 0.29) is 10.6 Å². The van der Waals surface area contributed by atoms with E-state index in [0.717, 1.165) is 22.0 Å². The summed E-state index contributed by atoms with van der Waals surface area (Å²) in [4.78, 5) is 3.41. The molecule has 3 aromatic rings. The summed E-state index contributed by atoms with van der Waals surface area (Å²) in [7, 11) is -3.38. The van der Waals surface area contributed by atoms with Gasteiger partial charge in [0.15, 0.2) is 9.84 Å². The summed E-state index contributed by atoms with van der Waals surface area (Å²) in [5.41, 5.74) is 2.87. The second-order valence-electron chi connectivity index (χ2n) is 5.08. The summed E-state index contributed by atoms with van der Waals surface area (Å²) < 4.78 is 24.9. The van der Waals surface area contributed by atoms with Gasteiger partial charge in [0.05, 0.1) is 10.6 Å². The second kappa shape index (κ2) is 5.20. The summed E-state index contributed by atoms with van der Waals surface area (Å²) in [6, 6.07) is 12.2. The number of benzene rings is 2. The Kier molecular flexibility index (Phi) is 3.51. The fourth-order valence-electron chi connectivity index (χ4n) is 2.35. The van der Waals surface area contributed by atoms with Crippen molar-refractivity contribution in [3.8, 4) is 0 Å². The van der Waals surface area contributed by atoms with Crippen LogP contribution in [0.4, 0.5) is 0 Å². The Labute approximate surface area is 128 Å². The van der Waals surface area contributed by atoms with Crippen LogP contribution >= 0.6 is 11.6 Å². The lowest BCUT2D eigenvalue weighted by Crippen LogP contribution is -2.04. The van der Waals surface area contributed by atoms with Crippen molar-refractivity contribution in [2.75, 3.05) is 0 Å². The van der Waals surface area contributed by atoms with E-state index in [1.165, 1.54) is 12.1 Å². The molecule has 2 aromatic carbocycles. The third-order valence-electron chi connectivity index (χ3n) is 3.44. The van der Waals surface area contributed by atoms with Crippen LogP contribution in [0.1, 0.15) is 11.1 Å². The highest BCUT2D eigenvalue weighted by Gasteiger charge is 2.17. The first kappa shape index (κ1) is 14.2. The van der Waals surface area contributed by atoms with Gasteiger partial charge in [0, 0.05) is 22.1 Å². The summed E-state index contributed by atoms with van der Waals surface area (Å²) in [5, 5.41) is 1.47. The van der Waals surface area contributed by atoms with Crippen LogP contribution in [-0.2, 0) is 15.6 Å². The maximum absolute atomic E-state index is 12.5. The number of halogens is 1. The molecule has 0 aliphatic heterocycles. The van der Waals surface area contributed by atoms with Gasteiger partial charge in [-0.15, -0.1) is 0 Å². The number of aryl methyl sites for hydroxylation is 1. The Morgan fingerprint density at radius 3 is 2.52 bits per heavy atom. The van der Waals surface area contributed by atoms with Crippen molar-refractivity contribution < 1.29 is 8.42 Å². The molecule has 1 heterocycles. The molecule has 1 N–H and O–H groups in total. The number of sulfone groups is 1. The van der Waals surface area contributed by atoms with Crippen LogP contribution in [0.25, 0.3) is 10.9 Å². The van der Waals surface area contributed by atoms with Gasteiger partial charge in [-0.2, -0.15) is 0 Å². The highest BCUT2D eigenvalue weighted by Crippen LogP contribution is 2.24. The number of fused-ring (bicyclic) bond motifs is 1. The summed E-state index contributed by atoms with van der Waals surface area (Å²) in [6.07, 6.45) is 1.76. The molecule has 0 aliphatic carbocycles. The molecule has 0 saturated heterocycles. The lowest BCUT2D eigenvalue weighted by atomic mass is 10.1. The van der Waals surface area contributed by atoms with Gasteiger partial charge in [-0.05, 0) is 48.4 Å². The largest absolute Gasteiger partial charge is 0.361 e. The molecule has 108 valence electrons. The third kappa shape index (κ3) is 2.82. The summed E-state index contributed by atoms with van der Waals surface area (Å²) in [5.74, 6) is -0.0301. The quantitative estimate of drug-likeness (QED) is 0.790. The van der Waals surface area contributed by atoms with Crippen molar-refractivity contribution in [2.45, 2.75) is 17.6 Å². The molecule has 3 nitrogen and oxygen atoms in total. The van der Waals surface area contributed by atoms with Crippen molar-refractivity contribution in [1.29, 1.82) is 0 Å². The fraction of sp³-hybridized carbons (Fsp3) is 0.125. The summed E-state index contributed by atoms with van der Waals surface area (Å²) >= 11 is 5.80. The molecule has 21 heavy (non-hydrogen) atoms. The highest BCUT2D eigenvalue weighted by atomic mass is 35.5. The van der Waals surface area contributed by atoms with Crippen molar-refractivity contribution in [3.05, 3.63) is 64.8 Å². The monoisotopic (exact) mass is 319 g/mol. The molecule has 0 unspecified atom stereocenters. The molecule has 0 aliphatic rings. The van der Waals surface area contributed by atoms with Gasteiger partial charge in [0.2, 0.25) is 0 Å². The highest BCUT2D eigenvalue weighted by molar-refractivity contribution is 7.90. The van der Waals surface area contributed by atoms with Crippen LogP contribution in [0.15, 0.2) is 53.6 Å². The van der Waals surface area contributed by atoms with E-state index in [1.807, 2.05) is 25.1 Å². The number of nitrogens with one attached hydrogen (secondary N) is 1. The molecular formula is C16H14ClNO2S. The average molecular weight is 320 g/mol. The van der Waals surface area contributed by atoms with Crippen LogP contribution in [0.2, 0.25) is 5.02 Å². The predicted molar refractivity (Wildman–Crippen MR) is 85.4 cm³/mol. The first-order valence-electron chi connectivity index (χ1n) is 6.51. The molecule has 0 atom stereocenters. The van der Waals surface area contributed by atoms with Gasteiger partial charge in [-0.1, -0.05) is 23.7 Å². The van der Waals surface area contributed by atoms with Crippen LogP contribution in [-0.4, -0.2) is 13.4 Å². The minimum atomic E-state index is -3.38. The van der Waals surface area contributed by atoms with Crippen LogP contribution in [0.3, 0.4) is 0 Å². The lowest BCUT2D eigenvalue weighted by Gasteiger charge is -2.04. The molecule has 0 amide bonds. The standard InChI is InChI=1S/C16H14ClNO2S/c1-11-2-7-15-12(9-18-16(15)8-11)10-21(19,20)14-5-3-13(17)4-6-14/h2-9,18H,10H2,1H3. The Bertz CT molecular complexity index is 896. The van der Waals surface area contributed by atoms with E-state index < -0.39 is 9.84 Å². The van der Waals surface area contributed by atoms with E-state index in [2.05, 4.69) is 4.98 Å². The zero-order chi connectivity index (χ0) is 15.0. The smallest absolute Gasteiger partial charge is 0.182 e. The number of rotatable bonds is 3. The van der Waals surface area contributed by atoms with Crippen LogP contribution in [0.5, 0.6) is 0 Å². The van der Waals surface area contributed by atoms with E-state index in [1.54, 1.807) is 18.3 Å². The zero-order valence-corrected chi connectivity index (χ0v) is 13.0. The van der Waals surface area contributed by atoms with Crippen molar-refractivity contribution >= 4 is 32.3 Å². The molecule has 5 heteroatoms. The third-order valence-corrected chi connectivity index (χ3v) is 5.37. The van der Waals surface area contributed by atoms with Crippen molar-refractivity contribution in [2.24, 2.45) is 0 Å². The molecule has 3 rings (SSSR count). The molecule has 0 bridgehead atoms. The zero-order valence-electron chi connectivity index (χ0n) is 11.4. The average Bonchev–Trinajstić information content (AvgIpc) is 2.81. The van der Waals surface area contributed by atoms with Gasteiger partial charge in [0.1, 0.15) is 0 Å². The molecule has 0 radical (unpaired) electrons. The van der Waals surface area contributed by atoms with E-state index >= 15 is 0 Å². The molecule has 0 saturated carbocycles. The van der Waals surface area contributed by atoms with E-state index in [4.69, 9.17) is 11.6 Å². The minimum absolute atomic E-state index is 0.0301. The van der Waals surface area contributed by atoms with E-state index in [9.17, 15) is 8.42 Å². The Hall–Kier alpha value is -1.78. The topological polar surface area (TPSA) is 49.9 Å². The number of aromatic amines is 1. The normalized spacial score (nSPS) is 11.9. The van der Waals surface area contributed by atoms with Gasteiger partial charge in [-0.3, -0.25) is 0 Å². The van der Waals surface area contributed by atoms with Crippen LogP contribution in [0, 0.1) is 6.92 Å². The molecule has 1 aromatic heterocycles. The fourth-order valence-corrected chi connectivity index (χ4v) is 3.84. The van der Waals surface area contributed by atoms with Gasteiger partial charge >= 0.3 is 0 Å². The first-order chi connectivity index (χ1) is 9.95. The summed E-state index contributed by atoms with van der Waals surface area (Å²) in [6.45, 7) is 2.00. The Morgan fingerprint density at radius 1 is 1.10 bits per heavy atom. The van der Waals surface area contributed by atoms with Gasteiger partial charge < -0.3 is 4.98 Å². The number of H-pyrrole nitrogens is 1. The van der Waals surface area contributed by atoms with E-state index in [0.29, 0.717) is 5.02 Å². The number of hydrogen-bond acceptors (Lipinski definition) is 2. The first-order valence-corrected chi connectivity index (χ1v) is 8.54. The molecule has 0 spiro atoms. The maximum Gasteiger partial charge on any atom is 0.182 e. The lowest BCUT2D eigenvalue weighted by molar-refractivity contribution is 0.595. The number of aromatic nitrogens is 1. The molecular weight excluding hydrogens is 306 g/mol. The van der Waals surface area contributed by atoms with Gasteiger partial charge in [-0.25, -0.2) is 8.42 Å². The van der Waals surface area contributed by atoms with Crippen LogP contribution < -0.4 is 0 Å².